The van der Waals surface area contributed by atoms with Crippen molar-refractivity contribution in [3.63, 3.8) is 0 Å². The Morgan fingerprint density at radius 2 is 2.22 bits per heavy atom. The van der Waals surface area contributed by atoms with E-state index in [0.29, 0.717) is 12.1 Å². The number of amidine groups is 1. The Labute approximate surface area is 105 Å². The molecule has 0 aromatic heterocycles. The lowest BCUT2D eigenvalue weighted by atomic mass is 10.2. The first-order valence-corrected chi connectivity index (χ1v) is 6.95. The van der Waals surface area contributed by atoms with Crippen LogP contribution >= 0.6 is 0 Å². The summed E-state index contributed by atoms with van der Waals surface area (Å²) >= 11 is 0. The average molecular weight is 272 g/mol. The van der Waals surface area contributed by atoms with Crippen molar-refractivity contribution in [2.45, 2.75) is 25.1 Å². The van der Waals surface area contributed by atoms with Crippen molar-refractivity contribution < 1.29 is 17.5 Å². The molecule has 1 unspecified atom stereocenters. The lowest BCUT2D eigenvalue weighted by Crippen LogP contribution is -2.22. The molecule has 0 aliphatic carbocycles. The maximum Gasteiger partial charge on any atom is 0.263 e. The lowest BCUT2D eigenvalue weighted by Gasteiger charge is -2.10. The number of ether oxygens (including phenoxy) is 1. The molecule has 0 saturated heterocycles. The van der Waals surface area contributed by atoms with Gasteiger partial charge >= 0.3 is 0 Å². The number of nitrogens with one attached hydrogen (secondary N) is 1. The van der Waals surface area contributed by atoms with E-state index in [9.17, 15) is 12.8 Å². The summed E-state index contributed by atoms with van der Waals surface area (Å²) in [6.45, 7) is 3.42. The highest BCUT2D eigenvalue weighted by atomic mass is 32.2. The molecule has 1 aromatic carbocycles. The van der Waals surface area contributed by atoms with Crippen LogP contribution in [0.2, 0.25) is 0 Å². The van der Waals surface area contributed by atoms with Crippen LogP contribution in [0.1, 0.15) is 19.4 Å². The zero-order valence-corrected chi connectivity index (χ0v) is 10.8. The fourth-order valence-electron chi connectivity index (χ4n) is 1.74. The molecule has 1 heterocycles. The second-order valence-electron chi connectivity index (χ2n) is 3.72. The lowest BCUT2D eigenvalue weighted by molar-refractivity contribution is 0.0856. The van der Waals surface area contributed by atoms with Crippen LogP contribution in [-0.2, 0) is 10.0 Å². The Morgan fingerprint density at radius 3 is 2.83 bits per heavy atom. The Hall–Kier alpha value is -1.63. The van der Waals surface area contributed by atoms with E-state index in [0.717, 1.165) is 0 Å². The molecule has 1 aromatic rings. The zero-order chi connectivity index (χ0) is 13.3. The number of hydrogen-bond acceptors (Lipinski definition) is 4. The molecule has 1 aliphatic heterocycles. The van der Waals surface area contributed by atoms with Crippen molar-refractivity contribution in [2.24, 2.45) is 4.99 Å². The summed E-state index contributed by atoms with van der Waals surface area (Å²) in [5, 5.41) is 0. The van der Waals surface area contributed by atoms with Crippen molar-refractivity contribution in [1.29, 1.82) is 0 Å². The molecular weight excluding hydrogens is 259 g/mol. The number of hydrogen-bond donors (Lipinski definition) is 1. The van der Waals surface area contributed by atoms with Crippen molar-refractivity contribution >= 4 is 15.9 Å². The third-order valence-corrected chi connectivity index (χ3v) is 3.73. The minimum atomic E-state index is -3.62. The molecular formula is C11H13FN2O3S. The van der Waals surface area contributed by atoms with Crippen LogP contribution in [0.4, 0.5) is 4.39 Å². The number of aliphatic imine (C=N–C) groups is 1. The summed E-state index contributed by atoms with van der Waals surface area (Å²) in [6.07, 6.45) is -1.53. The van der Waals surface area contributed by atoms with Gasteiger partial charge in [-0.25, -0.2) is 12.8 Å². The van der Waals surface area contributed by atoms with Gasteiger partial charge in [0, 0.05) is 13.5 Å². The van der Waals surface area contributed by atoms with Gasteiger partial charge in [0.1, 0.15) is 16.5 Å². The Bertz CT molecular complexity index is 596. The van der Waals surface area contributed by atoms with Crippen molar-refractivity contribution in [2.75, 3.05) is 6.54 Å². The van der Waals surface area contributed by atoms with E-state index >= 15 is 0 Å². The van der Waals surface area contributed by atoms with Crippen LogP contribution in [-0.4, -0.2) is 27.2 Å². The first kappa shape index (κ1) is 12.8. The van der Waals surface area contributed by atoms with E-state index < -0.39 is 16.4 Å². The molecule has 98 valence electrons. The molecule has 18 heavy (non-hydrogen) atoms. The van der Waals surface area contributed by atoms with Crippen LogP contribution in [0, 0.1) is 0 Å². The van der Waals surface area contributed by atoms with Gasteiger partial charge in [0.15, 0.2) is 0 Å². The number of rotatable bonds is 3. The van der Waals surface area contributed by atoms with E-state index in [2.05, 4.69) is 9.71 Å². The van der Waals surface area contributed by atoms with E-state index in [1.54, 1.807) is 6.92 Å². The second-order valence-corrected chi connectivity index (χ2v) is 5.37. The fourth-order valence-corrected chi connectivity index (χ4v) is 3.00. The Morgan fingerprint density at radius 1 is 1.50 bits per heavy atom. The molecule has 0 saturated carbocycles. The van der Waals surface area contributed by atoms with Crippen molar-refractivity contribution in [1.82, 2.24) is 4.72 Å². The minimum Gasteiger partial charge on any atom is -0.460 e. The van der Waals surface area contributed by atoms with Gasteiger partial charge in [-0.1, -0.05) is 6.07 Å². The molecule has 0 bridgehead atoms. The van der Waals surface area contributed by atoms with Crippen LogP contribution < -0.4 is 9.46 Å². The van der Waals surface area contributed by atoms with Crippen molar-refractivity contribution in [3.05, 3.63) is 23.8 Å². The SMILES string of the molecule is CCN=C1NS(=O)(=O)c2cccc(OC(C)F)c21. The Kier molecular flexibility index (Phi) is 3.25. The first-order valence-electron chi connectivity index (χ1n) is 5.47. The first-order chi connectivity index (χ1) is 8.45. The number of nitrogens with zero attached hydrogens (tertiary/aromatic N) is 1. The van der Waals surface area contributed by atoms with Crippen LogP contribution in [0.25, 0.3) is 0 Å². The summed E-state index contributed by atoms with van der Waals surface area (Å²) in [5.74, 6) is 0.368. The number of alkyl halides is 1. The summed E-state index contributed by atoms with van der Waals surface area (Å²) in [5.41, 5.74) is 0.295. The molecule has 0 radical (unpaired) electrons. The minimum absolute atomic E-state index is 0.0628. The quantitative estimate of drug-likeness (QED) is 0.905. The number of benzene rings is 1. The third-order valence-electron chi connectivity index (χ3n) is 2.35. The summed E-state index contributed by atoms with van der Waals surface area (Å²) in [4.78, 5) is 4.12. The van der Waals surface area contributed by atoms with Gasteiger partial charge in [0.2, 0.25) is 6.36 Å². The van der Waals surface area contributed by atoms with E-state index in [1.807, 2.05) is 0 Å². The predicted molar refractivity (Wildman–Crippen MR) is 65.0 cm³/mol. The number of halogens is 1. The molecule has 1 N–H and O–H groups in total. The summed E-state index contributed by atoms with van der Waals surface area (Å²) in [7, 11) is -3.62. The fraction of sp³-hybridized carbons (Fsp3) is 0.364. The number of sulfonamides is 1. The molecule has 0 amide bonds. The molecule has 7 heteroatoms. The summed E-state index contributed by atoms with van der Waals surface area (Å²) in [6, 6.07) is 4.46. The van der Waals surface area contributed by atoms with Gasteiger partial charge in [-0.3, -0.25) is 9.71 Å². The highest BCUT2D eigenvalue weighted by Gasteiger charge is 2.33. The van der Waals surface area contributed by atoms with Gasteiger partial charge < -0.3 is 4.74 Å². The van der Waals surface area contributed by atoms with Gasteiger partial charge in [-0.2, -0.15) is 0 Å². The molecule has 1 aliphatic rings. The predicted octanol–water partition coefficient (Wildman–Crippen LogP) is 1.44. The smallest absolute Gasteiger partial charge is 0.263 e. The topological polar surface area (TPSA) is 67.8 Å². The maximum atomic E-state index is 12.9. The standard InChI is InChI=1S/C11H13FN2O3S/c1-3-13-11-10-8(17-7(2)12)5-4-6-9(10)18(15,16)14-11/h4-7H,3H2,1-2H3,(H,13,14). The van der Waals surface area contributed by atoms with Crippen LogP contribution in [0.5, 0.6) is 5.75 Å². The molecule has 5 nitrogen and oxygen atoms in total. The normalized spacial score (nSPS) is 20.3. The van der Waals surface area contributed by atoms with Crippen LogP contribution in [0.15, 0.2) is 28.1 Å². The number of fused-ring (bicyclic) bond motifs is 1. The van der Waals surface area contributed by atoms with E-state index in [4.69, 9.17) is 4.74 Å². The molecule has 2 rings (SSSR count). The highest BCUT2D eigenvalue weighted by Crippen LogP contribution is 2.31. The molecule has 0 fully saturated rings. The van der Waals surface area contributed by atoms with Crippen LogP contribution in [0.3, 0.4) is 0 Å². The van der Waals surface area contributed by atoms with Crippen molar-refractivity contribution in [3.8, 4) is 5.75 Å². The molecule has 0 spiro atoms. The Balaban J connectivity index is 2.63. The third kappa shape index (κ3) is 2.17. The molecule has 1 atom stereocenters. The van der Waals surface area contributed by atoms with E-state index in [-0.39, 0.29) is 16.5 Å². The van der Waals surface area contributed by atoms with Gasteiger partial charge in [0.25, 0.3) is 10.0 Å². The maximum absolute atomic E-state index is 12.9. The second kappa shape index (κ2) is 4.56. The average Bonchev–Trinajstić information content (AvgIpc) is 2.52. The van der Waals surface area contributed by atoms with E-state index in [1.165, 1.54) is 25.1 Å². The van der Waals surface area contributed by atoms with Gasteiger partial charge in [0.05, 0.1) is 5.56 Å². The van der Waals surface area contributed by atoms with Gasteiger partial charge in [-0.05, 0) is 19.1 Å². The highest BCUT2D eigenvalue weighted by molar-refractivity contribution is 7.90. The zero-order valence-electron chi connectivity index (χ0n) is 9.97. The summed E-state index contributed by atoms with van der Waals surface area (Å²) < 4.78 is 43.9. The monoisotopic (exact) mass is 272 g/mol. The van der Waals surface area contributed by atoms with Gasteiger partial charge in [-0.15, -0.1) is 0 Å². The largest absolute Gasteiger partial charge is 0.460 e.